The Labute approximate surface area is 184 Å². The van der Waals surface area contributed by atoms with Crippen LogP contribution in [0.1, 0.15) is 5.69 Å². The summed E-state index contributed by atoms with van der Waals surface area (Å²) >= 11 is 3.01. The molecule has 1 aromatic carbocycles. The second-order valence-corrected chi connectivity index (χ2v) is 10.5. The number of sulfonamides is 1. The van der Waals surface area contributed by atoms with Crippen molar-refractivity contribution < 1.29 is 26.4 Å². The molecule has 1 aliphatic rings. The molecule has 1 saturated heterocycles. The summed E-state index contributed by atoms with van der Waals surface area (Å²) in [7, 11) is -4.36. The summed E-state index contributed by atoms with van der Waals surface area (Å²) in [5, 5.41) is 4.60. The van der Waals surface area contributed by atoms with E-state index in [1.165, 1.54) is 16.2 Å². The third kappa shape index (κ3) is 4.38. The number of piperazine rings is 1. The fraction of sp³-hybridized carbons (Fsp3) is 0.263. The van der Waals surface area contributed by atoms with E-state index in [1.54, 1.807) is 11.3 Å². The number of hydrogen-bond donors (Lipinski definition) is 0. The Morgan fingerprint density at radius 3 is 2.45 bits per heavy atom. The highest BCUT2D eigenvalue weighted by atomic mass is 32.2. The third-order valence-electron chi connectivity index (χ3n) is 4.82. The summed E-state index contributed by atoms with van der Waals surface area (Å²) in [6.45, 7) is 0.0462. The van der Waals surface area contributed by atoms with Crippen molar-refractivity contribution in [2.24, 2.45) is 0 Å². The SMILES string of the molecule is O=C(Cc1csc(-c2cccs2)n1)N1CCN(S(=O)(=O)c2ccc(F)c(F)c2F)CC1. The minimum atomic E-state index is -4.36. The van der Waals surface area contributed by atoms with Crippen LogP contribution in [0, 0.1) is 17.5 Å². The third-order valence-corrected chi connectivity index (χ3v) is 8.67. The molecule has 164 valence electrons. The summed E-state index contributed by atoms with van der Waals surface area (Å²) in [5.41, 5.74) is 0.636. The largest absolute Gasteiger partial charge is 0.340 e. The van der Waals surface area contributed by atoms with Gasteiger partial charge in [0.1, 0.15) is 9.90 Å². The molecule has 0 bridgehead atoms. The number of carbonyl (C=O) groups is 1. The number of thiophene rings is 1. The fourth-order valence-electron chi connectivity index (χ4n) is 3.19. The molecule has 0 atom stereocenters. The summed E-state index contributed by atoms with van der Waals surface area (Å²) in [5.74, 6) is -5.24. The molecule has 1 amide bonds. The molecule has 0 spiro atoms. The molecule has 3 aromatic rings. The summed E-state index contributed by atoms with van der Waals surface area (Å²) < 4.78 is 66.8. The lowest BCUT2D eigenvalue weighted by Crippen LogP contribution is -2.51. The van der Waals surface area contributed by atoms with E-state index in [4.69, 9.17) is 0 Å². The highest BCUT2D eigenvalue weighted by Gasteiger charge is 2.33. The molecule has 0 saturated carbocycles. The minimum Gasteiger partial charge on any atom is -0.340 e. The maximum absolute atomic E-state index is 14.0. The highest BCUT2D eigenvalue weighted by Crippen LogP contribution is 2.28. The van der Waals surface area contributed by atoms with Crippen LogP contribution in [0.3, 0.4) is 0 Å². The van der Waals surface area contributed by atoms with Crippen LogP contribution in [0.5, 0.6) is 0 Å². The number of rotatable bonds is 5. The van der Waals surface area contributed by atoms with Gasteiger partial charge in [-0.15, -0.1) is 22.7 Å². The number of halogens is 3. The van der Waals surface area contributed by atoms with Crippen LogP contribution < -0.4 is 0 Å². The van der Waals surface area contributed by atoms with Crippen LogP contribution in [0.25, 0.3) is 9.88 Å². The van der Waals surface area contributed by atoms with Crippen molar-refractivity contribution in [3.05, 3.63) is 58.2 Å². The van der Waals surface area contributed by atoms with Gasteiger partial charge in [-0.1, -0.05) is 6.07 Å². The summed E-state index contributed by atoms with van der Waals surface area (Å²) in [4.78, 5) is 18.7. The molecule has 6 nitrogen and oxygen atoms in total. The normalized spacial score (nSPS) is 15.4. The van der Waals surface area contributed by atoms with Gasteiger partial charge < -0.3 is 4.90 Å². The first-order valence-corrected chi connectivity index (χ1v) is 12.4. The Bertz CT molecular complexity index is 1200. The number of aromatic nitrogens is 1. The average molecular weight is 488 g/mol. The van der Waals surface area contributed by atoms with Crippen molar-refractivity contribution in [1.82, 2.24) is 14.2 Å². The van der Waals surface area contributed by atoms with Crippen LogP contribution in [0.15, 0.2) is 39.9 Å². The van der Waals surface area contributed by atoms with Crippen LogP contribution >= 0.6 is 22.7 Å². The summed E-state index contributed by atoms with van der Waals surface area (Å²) in [6, 6.07) is 5.15. The maximum Gasteiger partial charge on any atom is 0.246 e. The highest BCUT2D eigenvalue weighted by molar-refractivity contribution is 7.89. The van der Waals surface area contributed by atoms with Crippen molar-refractivity contribution in [3.8, 4) is 9.88 Å². The van der Waals surface area contributed by atoms with Crippen molar-refractivity contribution >= 4 is 38.6 Å². The first kappa shape index (κ1) is 21.9. The molecular formula is C19H16F3N3O3S3. The quantitative estimate of drug-likeness (QED) is 0.518. The van der Waals surface area contributed by atoms with Gasteiger partial charge in [0.05, 0.1) is 17.0 Å². The van der Waals surface area contributed by atoms with Gasteiger partial charge >= 0.3 is 0 Å². The molecule has 0 N–H and O–H groups in total. The lowest BCUT2D eigenvalue weighted by molar-refractivity contribution is -0.131. The Kier molecular flexibility index (Phi) is 6.15. The zero-order valence-corrected chi connectivity index (χ0v) is 18.4. The molecule has 1 fully saturated rings. The predicted octanol–water partition coefficient (Wildman–Crippen LogP) is 3.36. The van der Waals surface area contributed by atoms with Crippen molar-refractivity contribution in [3.63, 3.8) is 0 Å². The van der Waals surface area contributed by atoms with Gasteiger partial charge in [0.2, 0.25) is 15.9 Å². The predicted molar refractivity (Wildman–Crippen MR) is 111 cm³/mol. The lowest BCUT2D eigenvalue weighted by atomic mass is 10.2. The van der Waals surface area contributed by atoms with E-state index in [2.05, 4.69) is 4.98 Å². The number of hydrogen-bond acceptors (Lipinski definition) is 6. The number of thiazole rings is 1. The van der Waals surface area contributed by atoms with Crippen LogP contribution in [-0.2, 0) is 21.2 Å². The van der Waals surface area contributed by atoms with E-state index in [-0.39, 0.29) is 38.5 Å². The Morgan fingerprint density at radius 1 is 1.03 bits per heavy atom. The van der Waals surface area contributed by atoms with E-state index < -0.39 is 32.4 Å². The molecule has 0 unspecified atom stereocenters. The molecular weight excluding hydrogens is 471 g/mol. The first-order valence-electron chi connectivity index (χ1n) is 9.17. The Morgan fingerprint density at radius 2 is 1.77 bits per heavy atom. The van der Waals surface area contributed by atoms with Crippen LogP contribution in [-0.4, -0.2) is 54.7 Å². The van der Waals surface area contributed by atoms with E-state index in [1.807, 2.05) is 22.9 Å². The van der Waals surface area contributed by atoms with Gasteiger partial charge in [0.15, 0.2) is 17.5 Å². The van der Waals surface area contributed by atoms with E-state index >= 15 is 0 Å². The minimum absolute atomic E-state index is 0.0793. The van der Waals surface area contributed by atoms with Crippen molar-refractivity contribution in [2.45, 2.75) is 11.3 Å². The van der Waals surface area contributed by atoms with Gasteiger partial charge in [0, 0.05) is 31.6 Å². The maximum atomic E-state index is 14.0. The number of carbonyl (C=O) groups excluding carboxylic acids is 1. The Hall–Kier alpha value is -2.28. The van der Waals surface area contributed by atoms with Gasteiger partial charge in [-0.05, 0) is 23.6 Å². The molecule has 3 heterocycles. The van der Waals surface area contributed by atoms with E-state index in [0.29, 0.717) is 17.8 Å². The lowest BCUT2D eigenvalue weighted by Gasteiger charge is -2.34. The molecule has 31 heavy (non-hydrogen) atoms. The zero-order valence-electron chi connectivity index (χ0n) is 15.9. The Balaban J connectivity index is 1.39. The second-order valence-electron chi connectivity index (χ2n) is 6.76. The zero-order chi connectivity index (χ0) is 22.2. The molecule has 0 aliphatic carbocycles. The van der Waals surface area contributed by atoms with E-state index in [0.717, 1.165) is 14.2 Å². The van der Waals surface area contributed by atoms with Crippen molar-refractivity contribution in [2.75, 3.05) is 26.2 Å². The van der Waals surface area contributed by atoms with Gasteiger partial charge in [-0.25, -0.2) is 26.6 Å². The molecule has 12 heteroatoms. The van der Waals surface area contributed by atoms with Gasteiger partial charge in [-0.2, -0.15) is 4.31 Å². The standard InChI is InChI=1S/C19H16F3N3O3S3/c20-13-3-4-15(18(22)17(13)21)31(27,28)25-7-5-24(6-8-25)16(26)10-12-11-30-19(23-12)14-2-1-9-29-14/h1-4,9,11H,5-8,10H2. The van der Waals surface area contributed by atoms with Gasteiger partial charge in [0.25, 0.3) is 0 Å². The van der Waals surface area contributed by atoms with Crippen LogP contribution in [0.2, 0.25) is 0 Å². The number of amides is 1. The first-order chi connectivity index (χ1) is 14.8. The number of benzene rings is 1. The topological polar surface area (TPSA) is 70.6 Å². The average Bonchev–Trinajstić information content (AvgIpc) is 3.44. The summed E-state index contributed by atoms with van der Waals surface area (Å²) in [6.07, 6.45) is 0.0897. The van der Waals surface area contributed by atoms with E-state index in [9.17, 15) is 26.4 Å². The smallest absolute Gasteiger partial charge is 0.246 e. The van der Waals surface area contributed by atoms with Gasteiger partial charge in [-0.3, -0.25) is 4.79 Å². The molecule has 0 radical (unpaired) electrons. The van der Waals surface area contributed by atoms with Crippen LogP contribution in [0.4, 0.5) is 13.2 Å². The molecule has 1 aliphatic heterocycles. The monoisotopic (exact) mass is 487 g/mol. The molecule has 4 rings (SSSR count). The second kappa shape index (κ2) is 8.69. The fourth-order valence-corrected chi connectivity index (χ4v) is 6.30. The molecule has 2 aromatic heterocycles. The number of nitrogens with zero attached hydrogens (tertiary/aromatic N) is 3. The van der Waals surface area contributed by atoms with Crippen molar-refractivity contribution in [1.29, 1.82) is 0 Å².